The van der Waals surface area contributed by atoms with Crippen molar-refractivity contribution >= 4 is 62.3 Å². The second-order valence-electron chi connectivity index (χ2n) is 9.35. The van der Waals surface area contributed by atoms with Crippen LogP contribution in [0.5, 0.6) is 0 Å². The standard InChI is InChI=1S/C29H32Cl3N3O4S/c1-4-5-15-33-29(37)21(3)34(18-22-12-14-25(31)26(32)16-22)28(36)19-35(27-17-23(30)13-11-20(27)2)40(38,39)24-9-7-6-8-10-24/h6-14,16-17,21H,4-5,15,18-19H2,1-3H3,(H,33,37). The molecule has 11 heteroatoms. The Balaban J connectivity index is 2.04. The minimum absolute atomic E-state index is 0.00579. The Morgan fingerprint density at radius 3 is 2.30 bits per heavy atom. The fourth-order valence-corrected chi connectivity index (χ4v) is 6.02. The van der Waals surface area contributed by atoms with E-state index < -0.39 is 28.5 Å². The maximum absolute atomic E-state index is 14.0. The first-order valence-corrected chi connectivity index (χ1v) is 15.4. The lowest BCUT2D eigenvalue weighted by atomic mass is 10.1. The normalized spacial score (nSPS) is 12.1. The van der Waals surface area contributed by atoms with Crippen LogP contribution < -0.4 is 9.62 Å². The van der Waals surface area contributed by atoms with Crippen LogP contribution in [0.15, 0.2) is 71.6 Å². The van der Waals surface area contributed by atoms with E-state index in [9.17, 15) is 18.0 Å². The Morgan fingerprint density at radius 2 is 1.65 bits per heavy atom. The maximum atomic E-state index is 14.0. The molecule has 3 rings (SSSR count). The monoisotopic (exact) mass is 623 g/mol. The summed E-state index contributed by atoms with van der Waals surface area (Å²) in [4.78, 5) is 28.4. The number of aryl methyl sites for hydroxylation is 1. The predicted octanol–water partition coefficient (Wildman–Crippen LogP) is 6.48. The number of rotatable bonds is 12. The molecular formula is C29H32Cl3N3O4S. The molecule has 7 nitrogen and oxygen atoms in total. The van der Waals surface area contributed by atoms with E-state index >= 15 is 0 Å². The van der Waals surface area contributed by atoms with Gasteiger partial charge in [0.15, 0.2) is 0 Å². The van der Waals surface area contributed by atoms with Crippen LogP contribution in [0.4, 0.5) is 5.69 Å². The van der Waals surface area contributed by atoms with Crippen molar-refractivity contribution in [3.05, 3.63) is 92.9 Å². The van der Waals surface area contributed by atoms with Gasteiger partial charge in [0.1, 0.15) is 12.6 Å². The predicted molar refractivity (Wildman–Crippen MR) is 162 cm³/mol. The average Bonchev–Trinajstić information content (AvgIpc) is 2.93. The molecule has 0 heterocycles. The molecule has 0 bridgehead atoms. The van der Waals surface area contributed by atoms with Gasteiger partial charge in [-0.1, -0.05) is 78.5 Å². The lowest BCUT2D eigenvalue weighted by Gasteiger charge is -2.32. The number of nitrogens with one attached hydrogen (secondary N) is 1. The molecule has 0 saturated heterocycles. The second kappa shape index (κ2) is 14.2. The molecule has 1 unspecified atom stereocenters. The quantitative estimate of drug-likeness (QED) is 0.234. The Kier molecular flexibility index (Phi) is 11.3. The van der Waals surface area contributed by atoms with Crippen molar-refractivity contribution in [3.63, 3.8) is 0 Å². The molecule has 0 fully saturated rings. The van der Waals surface area contributed by atoms with E-state index in [1.165, 1.54) is 23.1 Å². The number of hydrogen-bond acceptors (Lipinski definition) is 4. The Hall–Kier alpha value is -2.78. The number of amides is 2. The molecule has 2 amide bonds. The number of carbonyl (C=O) groups excluding carboxylic acids is 2. The molecule has 1 atom stereocenters. The van der Waals surface area contributed by atoms with Crippen molar-refractivity contribution in [2.75, 3.05) is 17.4 Å². The molecule has 40 heavy (non-hydrogen) atoms. The van der Waals surface area contributed by atoms with E-state index in [4.69, 9.17) is 34.8 Å². The Labute approximate surface area is 251 Å². The maximum Gasteiger partial charge on any atom is 0.264 e. The summed E-state index contributed by atoms with van der Waals surface area (Å²) in [6.07, 6.45) is 1.68. The van der Waals surface area contributed by atoms with Crippen molar-refractivity contribution in [2.45, 2.75) is 51.1 Å². The number of hydrogen-bond donors (Lipinski definition) is 1. The number of nitrogens with zero attached hydrogens (tertiary/aromatic N) is 2. The van der Waals surface area contributed by atoms with Gasteiger partial charge in [-0.2, -0.15) is 0 Å². The Morgan fingerprint density at radius 1 is 0.950 bits per heavy atom. The number of unbranched alkanes of at least 4 members (excludes halogenated alkanes) is 1. The lowest BCUT2D eigenvalue weighted by Crippen LogP contribution is -2.51. The second-order valence-corrected chi connectivity index (χ2v) is 12.5. The molecule has 3 aromatic carbocycles. The fraction of sp³-hybridized carbons (Fsp3) is 0.310. The first kappa shape index (κ1) is 31.7. The van der Waals surface area contributed by atoms with E-state index in [0.29, 0.717) is 32.7 Å². The van der Waals surface area contributed by atoms with E-state index in [0.717, 1.165) is 17.1 Å². The number of anilines is 1. The van der Waals surface area contributed by atoms with Gasteiger partial charge in [-0.3, -0.25) is 13.9 Å². The smallest absolute Gasteiger partial charge is 0.264 e. The summed E-state index contributed by atoms with van der Waals surface area (Å²) in [6, 6.07) is 16.7. The van der Waals surface area contributed by atoms with Crippen molar-refractivity contribution in [1.29, 1.82) is 0 Å². The van der Waals surface area contributed by atoms with E-state index in [1.807, 2.05) is 6.92 Å². The molecule has 0 aliphatic carbocycles. The zero-order valence-electron chi connectivity index (χ0n) is 22.5. The zero-order valence-corrected chi connectivity index (χ0v) is 25.6. The van der Waals surface area contributed by atoms with Crippen LogP contribution in [0.1, 0.15) is 37.8 Å². The molecule has 0 aliphatic heterocycles. The average molecular weight is 625 g/mol. The first-order chi connectivity index (χ1) is 18.9. The van der Waals surface area contributed by atoms with Crippen LogP contribution in [0.3, 0.4) is 0 Å². The summed E-state index contributed by atoms with van der Waals surface area (Å²) in [5, 5.41) is 3.82. The van der Waals surface area contributed by atoms with Crippen molar-refractivity contribution in [3.8, 4) is 0 Å². The van der Waals surface area contributed by atoms with Crippen molar-refractivity contribution in [1.82, 2.24) is 10.2 Å². The largest absolute Gasteiger partial charge is 0.354 e. The van der Waals surface area contributed by atoms with Crippen LogP contribution in [-0.4, -0.2) is 44.3 Å². The third-order valence-electron chi connectivity index (χ3n) is 6.38. The third kappa shape index (κ3) is 7.91. The summed E-state index contributed by atoms with van der Waals surface area (Å²) in [6.45, 7) is 5.26. The highest BCUT2D eigenvalue weighted by atomic mass is 35.5. The van der Waals surface area contributed by atoms with Crippen LogP contribution in [0, 0.1) is 6.92 Å². The minimum Gasteiger partial charge on any atom is -0.354 e. The molecule has 3 aromatic rings. The van der Waals surface area contributed by atoms with Gasteiger partial charge >= 0.3 is 0 Å². The van der Waals surface area contributed by atoms with Gasteiger partial charge in [-0.25, -0.2) is 8.42 Å². The van der Waals surface area contributed by atoms with Crippen molar-refractivity contribution < 1.29 is 18.0 Å². The number of benzene rings is 3. The van der Waals surface area contributed by atoms with Crippen LogP contribution in [0.25, 0.3) is 0 Å². The summed E-state index contributed by atoms with van der Waals surface area (Å²) in [7, 11) is -4.18. The van der Waals surface area contributed by atoms with Gasteiger partial charge < -0.3 is 10.2 Å². The molecule has 0 radical (unpaired) electrons. The van der Waals surface area contributed by atoms with Crippen LogP contribution in [0.2, 0.25) is 15.1 Å². The molecular weight excluding hydrogens is 593 g/mol. The van der Waals surface area contributed by atoms with E-state index in [-0.39, 0.29) is 23.0 Å². The Bertz CT molecular complexity index is 1450. The van der Waals surface area contributed by atoms with Gasteiger partial charge in [0, 0.05) is 18.1 Å². The van der Waals surface area contributed by atoms with Crippen LogP contribution >= 0.6 is 34.8 Å². The summed E-state index contributed by atoms with van der Waals surface area (Å²) < 4.78 is 28.8. The highest BCUT2D eigenvalue weighted by Crippen LogP contribution is 2.30. The molecule has 0 aromatic heterocycles. The number of sulfonamides is 1. The highest BCUT2D eigenvalue weighted by molar-refractivity contribution is 7.92. The van der Waals surface area contributed by atoms with Crippen LogP contribution in [-0.2, 0) is 26.2 Å². The van der Waals surface area contributed by atoms with E-state index in [2.05, 4.69) is 5.32 Å². The van der Waals surface area contributed by atoms with Gasteiger partial charge in [0.25, 0.3) is 10.0 Å². The first-order valence-electron chi connectivity index (χ1n) is 12.8. The molecule has 0 spiro atoms. The minimum atomic E-state index is -4.18. The van der Waals surface area contributed by atoms with Gasteiger partial charge in [0.2, 0.25) is 11.8 Å². The lowest BCUT2D eigenvalue weighted by molar-refractivity contribution is -0.139. The summed E-state index contributed by atoms with van der Waals surface area (Å²) in [5.74, 6) is -0.929. The molecule has 0 saturated carbocycles. The van der Waals surface area contributed by atoms with Gasteiger partial charge in [-0.05, 0) is 67.8 Å². The highest BCUT2D eigenvalue weighted by Gasteiger charge is 2.33. The molecule has 1 N–H and O–H groups in total. The fourth-order valence-electron chi connectivity index (χ4n) is 4.04. The molecule has 214 valence electrons. The summed E-state index contributed by atoms with van der Waals surface area (Å²) in [5.41, 5.74) is 1.50. The molecule has 0 aliphatic rings. The SMILES string of the molecule is CCCCNC(=O)C(C)N(Cc1ccc(Cl)c(Cl)c1)C(=O)CN(c1cc(Cl)ccc1C)S(=O)(=O)c1ccccc1. The number of carbonyl (C=O) groups is 2. The van der Waals surface area contributed by atoms with E-state index in [1.54, 1.807) is 62.4 Å². The third-order valence-corrected chi connectivity index (χ3v) is 9.13. The summed E-state index contributed by atoms with van der Waals surface area (Å²) >= 11 is 18.5. The zero-order chi connectivity index (χ0) is 29.4. The van der Waals surface area contributed by atoms with Gasteiger partial charge in [0.05, 0.1) is 20.6 Å². The topological polar surface area (TPSA) is 86.8 Å². The van der Waals surface area contributed by atoms with Gasteiger partial charge in [-0.15, -0.1) is 0 Å². The van der Waals surface area contributed by atoms with Crippen molar-refractivity contribution in [2.24, 2.45) is 0 Å². The number of halogens is 3.